The molecule has 0 aromatic heterocycles. The summed E-state index contributed by atoms with van der Waals surface area (Å²) in [5, 5.41) is 3.90. The van der Waals surface area contributed by atoms with Crippen LogP contribution in [0.1, 0.15) is 18.4 Å². The minimum Gasteiger partial charge on any atom is -0.372 e. The molecule has 2 aliphatic heterocycles. The monoisotopic (exact) mass is 441 g/mol. The van der Waals surface area contributed by atoms with E-state index in [1.807, 2.05) is 24.3 Å². The van der Waals surface area contributed by atoms with Gasteiger partial charge in [0.1, 0.15) is 5.70 Å². The van der Waals surface area contributed by atoms with E-state index in [0.29, 0.717) is 15.6 Å². The summed E-state index contributed by atoms with van der Waals surface area (Å²) in [6.45, 7) is 5.87. The third-order valence-corrected chi connectivity index (χ3v) is 5.84. The number of carbonyl (C=O) groups excluding carboxylic acids is 2. The van der Waals surface area contributed by atoms with Gasteiger partial charge in [0.05, 0.1) is 10.6 Å². The minimum atomic E-state index is -0.416. The lowest BCUT2D eigenvalue weighted by Crippen LogP contribution is -2.32. The number of nitrogens with one attached hydrogen (secondary N) is 1. The molecule has 154 valence electrons. The van der Waals surface area contributed by atoms with Crippen LogP contribution in [0.25, 0.3) is 5.57 Å². The summed E-state index contributed by atoms with van der Waals surface area (Å²) in [4.78, 5) is 29.5. The smallest absolute Gasteiger partial charge is 0.278 e. The fraction of sp³-hybridized carbons (Fsp3) is 0.217. The Bertz CT molecular complexity index is 1040. The van der Waals surface area contributed by atoms with E-state index < -0.39 is 11.8 Å². The fourth-order valence-electron chi connectivity index (χ4n) is 3.80. The minimum absolute atomic E-state index is 0.117. The Morgan fingerprint density at radius 1 is 1.00 bits per heavy atom. The number of hydrogen-bond donors (Lipinski definition) is 1. The SMILES string of the molecule is C=CCN1C(=O)C(Nc2ccc(N3CCCC3)cc2)=C(c2ccc(Cl)cc2Cl)C1=O. The molecule has 1 saturated heterocycles. The summed E-state index contributed by atoms with van der Waals surface area (Å²) < 4.78 is 0. The van der Waals surface area contributed by atoms with Gasteiger partial charge in [-0.2, -0.15) is 0 Å². The summed E-state index contributed by atoms with van der Waals surface area (Å²) in [7, 11) is 0. The quantitative estimate of drug-likeness (QED) is 0.507. The van der Waals surface area contributed by atoms with E-state index in [0.717, 1.165) is 29.4 Å². The van der Waals surface area contributed by atoms with Crippen LogP contribution in [-0.2, 0) is 9.59 Å². The van der Waals surface area contributed by atoms with Crippen molar-refractivity contribution in [1.29, 1.82) is 0 Å². The molecule has 7 heteroatoms. The first-order chi connectivity index (χ1) is 14.5. The highest BCUT2D eigenvalue weighted by Crippen LogP contribution is 2.35. The zero-order chi connectivity index (χ0) is 21.3. The van der Waals surface area contributed by atoms with Gasteiger partial charge in [0.15, 0.2) is 0 Å². The van der Waals surface area contributed by atoms with Gasteiger partial charge in [-0.05, 0) is 49.2 Å². The number of halogens is 2. The molecule has 2 aromatic rings. The summed E-state index contributed by atoms with van der Waals surface area (Å²) >= 11 is 12.4. The van der Waals surface area contributed by atoms with Crippen LogP contribution in [0.2, 0.25) is 10.0 Å². The van der Waals surface area contributed by atoms with Crippen molar-refractivity contribution < 1.29 is 9.59 Å². The van der Waals surface area contributed by atoms with Crippen LogP contribution in [0.15, 0.2) is 60.8 Å². The van der Waals surface area contributed by atoms with Crippen molar-refractivity contribution in [2.45, 2.75) is 12.8 Å². The van der Waals surface area contributed by atoms with E-state index in [9.17, 15) is 9.59 Å². The Morgan fingerprint density at radius 3 is 2.33 bits per heavy atom. The Hall–Kier alpha value is -2.76. The maximum Gasteiger partial charge on any atom is 0.278 e. The fourth-order valence-corrected chi connectivity index (χ4v) is 4.31. The molecule has 2 amide bonds. The first kappa shape index (κ1) is 20.5. The van der Waals surface area contributed by atoms with Crippen LogP contribution in [0.4, 0.5) is 11.4 Å². The highest BCUT2D eigenvalue weighted by Gasteiger charge is 2.39. The van der Waals surface area contributed by atoms with Gasteiger partial charge in [0.2, 0.25) is 0 Å². The van der Waals surface area contributed by atoms with Crippen molar-refractivity contribution >= 4 is 52.0 Å². The summed E-state index contributed by atoms with van der Waals surface area (Å²) in [5.74, 6) is -0.829. The molecule has 5 nitrogen and oxygen atoms in total. The predicted octanol–water partition coefficient (Wildman–Crippen LogP) is 4.97. The van der Waals surface area contributed by atoms with Gasteiger partial charge in [0, 0.05) is 41.6 Å². The second-order valence-electron chi connectivity index (χ2n) is 7.25. The predicted molar refractivity (Wildman–Crippen MR) is 122 cm³/mol. The van der Waals surface area contributed by atoms with Crippen molar-refractivity contribution in [3.05, 3.63) is 76.4 Å². The third-order valence-electron chi connectivity index (χ3n) is 5.29. The molecule has 0 saturated carbocycles. The van der Waals surface area contributed by atoms with Crippen LogP contribution in [0.3, 0.4) is 0 Å². The molecule has 0 spiro atoms. The van der Waals surface area contributed by atoms with E-state index in [2.05, 4.69) is 16.8 Å². The standard InChI is InChI=1S/C23H21Cl2N3O2/c1-2-11-28-22(29)20(18-10-5-15(24)14-19(18)25)21(23(28)30)26-16-6-8-17(9-7-16)27-12-3-4-13-27/h2,5-10,14,26H,1,3-4,11-13H2. The van der Waals surface area contributed by atoms with Crippen LogP contribution in [0, 0.1) is 0 Å². The van der Waals surface area contributed by atoms with Crippen LogP contribution in [-0.4, -0.2) is 36.3 Å². The molecule has 1 N–H and O–H groups in total. The van der Waals surface area contributed by atoms with E-state index in [-0.39, 0.29) is 17.8 Å². The molecule has 2 aromatic carbocycles. The lowest BCUT2D eigenvalue weighted by atomic mass is 10.0. The highest BCUT2D eigenvalue weighted by atomic mass is 35.5. The molecule has 1 fully saturated rings. The number of nitrogens with zero attached hydrogens (tertiary/aromatic N) is 2. The molecule has 0 aliphatic carbocycles. The van der Waals surface area contributed by atoms with Gasteiger partial charge in [-0.3, -0.25) is 14.5 Å². The Labute approximate surface area is 185 Å². The normalized spacial score (nSPS) is 16.6. The van der Waals surface area contributed by atoms with Crippen molar-refractivity contribution in [3.8, 4) is 0 Å². The molecule has 2 heterocycles. The van der Waals surface area contributed by atoms with Crippen molar-refractivity contribution in [1.82, 2.24) is 4.90 Å². The van der Waals surface area contributed by atoms with Crippen molar-refractivity contribution in [3.63, 3.8) is 0 Å². The highest BCUT2D eigenvalue weighted by molar-refractivity contribution is 6.41. The van der Waals surface area contributed by atoms with Gasteiger partial charge in [0.25, 0.3) is 11.8 Å². The van der Waals surface area contributed by atoms with E-state index in [1.165, 1.54) is 18.9 Å². The first-order valence-corrected chi connectivity index (χ1v) is 10.5. The molecular weight excluding hydrogens is 421 g/mol. The maximum absolute atomic E-state index is 13.0. The Balaban J connectivity index is 1.70. The molecule has 30 heavy (non-hydrogen) atoms. The second kappa shape index (κ2) is 8.54. The van der Waals surface area contributed by atoms with E-state index in [4.69, 9.17) is 23.2 Å². The zero-order valence-corrected chi connectivity index (χ0v) is 17.8. The molecular formula is C23H21Cl2N3O2. The summed E-state index contributed by atoms with van der Waals surface area (Å²) in [6.07, 6.45) is 3.92. The average molecular weight is 442 g/mol. The maximum atomic E-state index is 13.0. The molecule has 0 radical (unpaired) electrons. The van der Waals surface area contributed by atoms with Crippen molar-refractivity contribution in [2.24, 2.45) is 0 Å². The van der Waals surface area contributed by atoms with Crippen LogP contribution >= 0.6 is 23.2 Å². The lowest BCUT2D eigenvalue weighted by molar-refractivity contribution is -0.136. The number of carbonyl (C=O) groups is 2. The number of benzene rings is 2. The lowest BCUT2D eigenvalue weighted by Gasteiger charge is -2.18. The van der Waals surface area contributed by atoms with Gasteiger partial charge in [-0.1, -0.05) is 35.3 Å². The van der Waals surface area contributed by atoms with Crippen LogP contribution in [0.5, 0.6) is 0 Å². The largest absolute Gasteiger partial charge is 0.372 e. The number of anilines is 2. The number of imide groups is 1. The topological polar surface area (TPSA) is 52.7 Å². The molecule has 0 atom stereocenters. The van der Waals surface area contributed by atoms with Gasteiger partial charge >= 0.3 is 0 Å². The van der Waals surface area contributed by atoms with Gasteiger partial charge < -0.3 is 10.2 Å². The molecule has 0 unspecified atom stereocenters. The third kappa shape index (κ3) is 3.83. The number of rotatable bonds is 6. The number of hydrogen-bond acceptors (Lipinski definition) is 4. The van der Waals surface area contributed by atoms with E-state index in [1.54, 1.807) is 18.2 Å². The molecule has 4 rings (SSSR count). The van der Waals surface area contributed by atoms with Gasteiger partial charge in [-0.25, -0.2) is 0 Å². The van der Waals surface area contributed by atoms with Crippen molar-refractivity contribution in [2.75, 3.05) is 29.9 Å². The summed E-state index contributed by atoms with van der Waals surface area (Å²) in [5.41, 5.74) is 2.75. The van der Waals surface area contributed by atoms with Crippen LogP contribution < -0.4 is 10.2 Å². The first-order valence-electron chi connectivity index (χ1n) is 9.78. The average Bonchev–Trinajstić information content (AvgIpc) is 3.34. The summed E-state index contributed by atoms with van der Waals surface area (Å²) in [6, 6.07) is 12.7. The van der Waals surface area contributed by atoms with E-state index >= 15 is 0 Å². The molecule has 0 bridgehead atoms. The van der Waals surface area contributed by atoms with Gasteiger partial charge in [-0.15, -0.1) is 6.58 Å². The zero-order valence-electron chi connectivity index (χ0n) is 16.3. The Morgan fingerprint density at radius 2 is 1.70 bits per heavy atom. The second-order valence-corrected chi connectivity index (χ2v) is 8.09. The molecule has 2 aliphatic rings. The Kier molecular flexibility index (Phi) is 5.84. The number of amides is 2.